The quantitative estimate of drug-likeness (QED) is 0.172. The van der Waals surface area contributed by atoms with Crippen molar-refractivity contribution in [3.63, 3.8) is 0 Å². The fourth-order valence-corrected chi connectivity index (χ4v) is 15.4. The molecule has 0 bridgehead atoms. The first-order valence-electron chi connectivity index (χ1n) is 28.4. The minimum atomic E-state index is -0.0697. The van der Waals surface area contributed by atoms with Crippen molar-refractivity contribution in [3.05, 3.63) is 251 Å². The second kappa shape index (κ2) is 16.2. The summed E-state index contributed by atoms with van der Waals surface area (Å²) < 4.78 is 5.01. The van der Waals surface area contributed by atoms with Gasteiger partial charge in [0.25, 0.3) is 0 Å². The molecule has 2 unspecified atom stereocenters. The molecular formula is C74H57N5. The summed E-state index contributed by atoms with van der Waals surface area (Å²) in [6.07, 6.45) is 15.2. The normalized spacial score (nSPS) is 17.9. The lowest BCUT2D eigenvalue weighted by Crippen LogP contribution is -2.31. The highest BCUT2D eigenvalue weighted by Crippen LogP contribution is 2.55. The van der Waals surface area contributed by atoms with E-state index in [-0.39, 0.29) is 16.7 Å². The van der Waals surface area contributed by atoms with Gasteiger partial charge < -0.3 is 14.0 Å². The van der Waals surface area contributed by atoms with Gasteiger partial charge in [-0.25, -0.2) is 0 Å². The molecule has 3 aromatic heterocycles. The Balaban J connectivity index is 0.782. The predicted molar refractivity (Wildman–Crippen MR) is 327 cm³/mol. The van der Waals surface area contributed by atoms with E-state index in [0.29, 0.717) is 6.04 Å². The summed E-state index contributed by atoms with van der Waals surface area (Å²) in [6, 6.07) is 70.1. The number of allylic oxidation sites excluding steroid dienone is 2. The number of aromatic nitrogens is 4. The molecule has 4 heterocycles. The molecular weight excluding hydrogens is 959 g/mol. The van der Waals surface area contributed by atoms with Crippen LogP contribution in [0, 0.1) is 0 Å². The Morgan fingerprint density at radius 1 is 0.468 bits per heavy atom. The van der Waals surface area contributed by atoms with Gasteiger partial charge in [-0.15, -0.1) is 0 Å². The van der Waals surface area contributed by atoms with Gasteiger partial charge in [0.15, 0.2) is 0 Å². The molecule has 17 rings (SSSR count). The first kappa shape index (κ1) is 45.0. The molecule has 5 aliphatic rings. The van der Waals surface area contributed by atoms with Crippen molar-refractivity contribution in [2.75, 3.05) is 4.90 Å². The number of fused-ring (bicyclic) bond motifs is 16. The largest absolute Gasteiger partial charge is 0.337 e. The summed E-state index contributed by atoms with van der Waals surface area (Å²) in [4.78, 5) is 2.67. The molecule has 0 fully saturated rings. The van der Waals surface area contributed by atoms with Crippen LogP contribution in [-0.4, -0.2) is 25.4 Å². The number of hydrogen-bond acceptors (Lipinski definition) is 3. The summed E-state index contributed by atoms with van der Waals surface area (Å²) >= 11 is 0. The average Bonchev–Trinajstić information content (AvgIpc) is 4.41. The molecule has 0 saturated carbocycles. The van der Waals surface area contributed by atoms with Crippen LogP contribution in [0.3, 0.4) is 0 Å². The zero-order valence-corrected chi connectivity index (χ0v) is 44.9. The predicted octanol–water partition coefficient (Wildman–Crippen LogP) is 18.4. The summed E-state index contributed by atoms with van der Waals surface area (Å²) in [5, 5.41) is 14.4. The van der Waals surface area contributed by atoms with Gasteiger partial charge in [0, 0.05) is 83.7 Å². The Morgan fingerprint density at radius 2 is 1.04 bits per heavy atom. The van der Waals surface area contributed by atoms with E-state index in [1.165, 1.54) is 133 Å². The first-order chi connectivity index (χ1) is 38.7. The third-order valence-corrected chi connectivity index (χ3v) is 19.3. The molecule has 9 aromatic carbocycles. The molecule has 0 amide bonds. The van der Waals surface area contributed by atoms with Crippen molar-refractivity contribution in [1.82, 2.24) is 19.3 Å². The third kappa shape index (κ3) is 6.33. The van der Waals surface area contributed by atoms with Crippen LogP contribution in [0.1, 0.15) is 97.5 Å². The van der Waals surface area contributed by atoms with Gasteiger partial charge in [0.1, 0.15) is 0 Å². The summed E-state index contributed by atoms with van der Waals surface area (Å²) in [7, 11) is 0. The number of nitrogens with zero attached hydrogens (tertiary/aromatic N) is 5. The van der Waals surface area contributed by atoms with Gasteiger partial charge in [-0.3, -0.25) is 0 Å². The van der Waals surface area contributed by atoms with Crippen LogP contribution in [0.4, 0.5) is 11.4 Å². The van der Waals surface area contributed by atoms with Crippen LogP contribution >= 0.6 is 0 Å². The van der Waals surface area contributed by atoms with E-state index in [0.717, 1.165) is 42.1 Å². The number of hydrogen-bond donors (Lipinski definition) is 0. The fraction of sp³-hybridized carbons (Fsp3) is 0.162. The topological polar surface area (TPSA) is 38.9 Å². The Labute approximate surface area is 460 Å². The molecule has 12 aromatic rings. The van der Waals surface area contributed by atoms with E-state index in [1.54, 1.807) is 0 Å². The van der Waals surface area contributed by atoms with Crippen LogP contribution in [0.15, 0.2) is 207 Å². The lowest BCUT2D eigenvalue weighted by atomic mass is 9.81. The zero-order chi connectivity index (χ0) is 52.5. The first-order valence-corrected chi connectivity index (χ1v) is 28.4. The van der Waals surface area contributed by atoms with E-state index in [2.05, 4.69) is 252 Å². The van der Waals surface area contributed by atoms with E-state index in [1.807, 2.05) is 12.4 Å². The van der Waals surface area contributed by atoms with Gasteiger partial charge in [0.05, 0.1) is 28.9 Å². The molecule has 0 spiro atoms. The second-order valence-electron chi connectivity index (χ2n) is 24.0. The zero-order valence-electron chi connectivity index (χ0n) is 44.9. The molecule has 0 radical (unpaired) electrons. The van der Waals surface area contributed by atoms with Crippen LogP contribution in [0.25, 0.3) is 99.9 Å². The molecule has 4 aliphatic carbocycles. The van der Waals surface area contributed by atoms with E-state index in [4.69, 9.17) is 0 Å². The minimum absolute atomic E-state index is 0.0567. The van der Waals surface area contributed by atoms with Gasteiger partial charge in [0.2, 0.25) is 0 Å². The second-order valence-corrected chi connectivity index (χ2v) is 24.0. The van der Waals surface area contributed by atoms with Gasteiger partial charge >= 0.3 is 0 Å². The Kier molecular flexibility index (Phi) is 9.26. The lowest BCUT2D eigenvalue weighted by molar-refractivity contribution is 0.572. The average molecular weight is 1020 g/mol. The molecule has 5 heteroatoms. The molecule has 0 N–H and O–H groups in total. The third-order valence-electron chi connectivity index (χ3n) is 19.3. The number of benzene rings is 9. The SMILES string of the molecule is CC1(C)c2ccccc2-c2ccc(N3c4ccccc4C4C=C(c5ccc6c(c5)c5cc(-c7ccc8c(c7)c7c(n8-c8ccc9c(c8)C(C)(C)c8ccccc8-9)CCC=C7)ccc5n6-c5ccc6cnncc6c5)CCC43)cc21. The maximum atomic E-state index is 4.27. The van der Waals surface area contributed by atoms with Crippen molar-refractivity contribution in [2.24, 2.45) is 0 Å². The van der Waals surface area contributed by atoms with Crippen LogP contribution in [0.2, 0.25) is 0 Å². The number of rotatable bonds is 5. The Bertz CT molecular complexity index is 4710. The van der Waals surface area contributed by atoms with Crippen molar-refractivity contribution >= 4 is 66.5 Å². The van der Waals surface area contributed by atoms with Crippen LogP contribution in [0.5, 0.6) is 0 Å². The number of para-hydroxylation sites is 1. The highest BCUT2D eigenvalue weighted by molar-refractivity contribution is 6.12. The maximum absolute atomic E-state index is 4.27. The van der Waals surface area contributed by atoms with Crippen molar-refractivity contribution in [3.8, 4) is 44.8 Å². The van der Waals surface area contributed by atoms with E-state index >= 15 is 0 Å². The van der Waals surface area contributed by atoms with E-state index < -0.39 is 0 Å². The Hall–Kier alpha value is -9.06. The molecule has 0 saturated heterocycles. The Morgan fingerprint density at radius 3 is 1.77 bits per heavy atom. The summed E-state index contributed by atoms with van der Waals surface area (Å²) in [6.45, 7) is 9.54. The van der Waals surface area contributed by atoms with Crippen LogP contribution < -0.4 is 4.90 Å². The van der Waals surface area contributed by atoms with Crippen molar-refractivity contribution < 1.29 is 0 Å². The summed E-state index contributed by atoms with van der Waals surface area (Å²) in [5.41, 5.74) is 28.9. The standard InChI is InChI=1S/C74H57N5/c1-73(2)63-17-9-5-13-53(63)55-29-27-51(40-65(55)73)78-67-19-11-7-15-57(67)59-36-44(22-31-69(59)78)46-24-33-71-61(38-46)62-39-47(25-34-72(62)77(71)50-26-21-48-42-75-76-43-49(48)35-50)45-23-32-70-60(37-45)58-16-8-12-20-68(58)79(70)52-28-30-56-54-14-6-10-18-64(54)74(3,4)66(56)41-52/h5-11,13-19,21,23-30,32-43,59,69H,12,20,22,31H2,1-4H3. The maximum Gasteiger partial charge on any atom is 0.0575 e. The van der Waals surface area contributed by atoms with Gasteiger partial charge in [-0.05, 0) is 177 Å². The molecule has 378 valence electrons. The van der Waals surface area contributed by atoms with Gasteiger partial charge in [-0.2, -0.15) is 10.2 Å². The smallest absolute Gasteiger partial charge is 0.0575 e. The van der Waals surface area contributed by atoms with Gasteiger partial charge in [-0.1, -0.05) is 149 Å². The summed E-state index contributed by atoms with van der Waals surface area (Å²) in [5.74, 6) is 0.278. The highest BCUT2D eigenvalue weighted by Gasteiger charge is 2.42. The van der Waals surface area contributed by atoms with Crippen molar-refractivity contribution in [2.45, 2.75) is 76.2 Å². The van der Waals surface area contributed by atoms with Crippen molar-refractivity contribution in [1.29, 1.82) is 0 Å². The number of anilines is 2. The lowest BCUT2D eigenvalue weighted by Gasteiger charge is -2.34. The minimum Gasteiger partial charge on any atom is -0.337 e. The molecule has 2 atom stereocenters. The monoisotopic (exact) mass is 1020 g/mol. The fourth-order valence-electron chi connectivity index (χ4n) is 15.4. The molecule has 1 aliphatic heterocycles. The molecule has 5 nitrogen and oxygen atoms in total. The molecule has 79 heavy (non-hydrogen) atoms. The highest BCUT2D eigenvalue weighted by atomic mass is 15.2. The van der Waals surface area contributed by atoms with Crippen LogP contribution in [-0.2, 0) is 17.3 Å². The van der Waals surface area contributed by atoms with E-state index in [9.17, 15) is 0 Å².